The van der Waals surface area contributed by atoms with E-state index in [4.69, 9.17) is 15.6 Å². The summed E-state index contributed by atoms with van der Waals surface area (Å²) in [6.07, 6.45) is 1.54. The van der Waals surface area contributed by atoms with Crippen LogP contribution in [0.5, 0.6) is 0 Å². The van der Waals surface area contributed by atoms with Gasteiger partial charge in [-0.1, -0.05) is 51.1 Å². The maximum absolute atomic E-state index is 12.7. The molecule has 2 N–H and O–H groups in total. The van der Waals surface area contributed by atoms with E-state index in [2.05, 4.69) is 6.92 Å². The molecule has 0 radical (unpaired) electrons. The second kappa shape index (κ2) is 7.68. The van der Waals surface area contributed by atoms with Crippen LogP contribution in [0.4, 0.5) is 0 Å². The number of ether oxygens (including phenoxy) is 1. The second-order valence-electron chi connectivity index (χ2n) is 5.85. The Labute approximate surface area is 142 Å². The standard InChI is InChI=1S/C20H22N2O2/c1-4-14-6-5-7-17(18(14)19(23)13(2)3)15-8-10-16(11-9-15)20(22)24-12-21/h5-13,21-22H,4H2,1-3H3. The number of nitrogens with one attached hydrogen (secondary N) is 2. The summed E-state index contributed by atoms with van der Waals surface area (Å²) < 4.78 is 4.77. The molecule has 24 heavy (non-hydrogen) atoms. The van der Waals surface area contributed by atoms with Crippen LogP contribution in [-0.4, -0.2) is 18.1 Å². The molecule has 2 aromatic carbocycles. The predicted molar refractivity (Wildman–Crippen MR) is 97.1 cm³/mol. The fourth-order valence-electron chi connectivity index (χ4n) is 2.64. The molecule has 0 unspecified atom stereocenters. The molecule has 4 nitrogen and oxygen atoms in total. The summed E-state index contributed by atoms with van der Waals surface area (Å²) in [6.45, 7) is 5.88. The molecular formula is C20H22N2O2. The average molecular weight is 322 g/mol. The molecule has 2 rings (SSSR count). The number of Topliss-reactive ketones (excluding diaryl/α,β-unsaturated/α-hetero) is 1. The van der Waals surface area contributed by atoms with Crippen LogP contribution in [0, 0.1) is 16.7 Å². The van der Waals surface area contributed by atoms with Crippen molar-refractivity contribution in [2.75, 3.05) is 0 Å². The SMILES string of the molecule is CCc1cccc(-c2ccc(C(=N)OC=N)cc2)c1C(=O)C(C)C. The summed E-state index contributed by atoms with van der Waals surface area (Å²) in [5, 5.41) is 14.6. The quantitative estimate of drug-likeness (QED) is 0.459. The van der Waals surface area contributed by atoms with Gasteiger partial charge in [0.25, 0.3) is 0 Å². The molecule has 2 aromatic rings. The lowest BCUT2D eigenvalue weighted by molar-refractivity contribution is 0.0939. The lowest BCUT2D eigenvalue weighted by Crippen LogP contribution is -2.12. The van der Waals surface area contributed by atoms with Crippen LogP contribution < -0.4 is 0 Å². The molecule has 0 aliphatic rings. The van der Waals surface area contributed by atoms with Crippen LogP contribution >= 0.6 is 0 Å². The molecule has 0 bridgehead atoms. The van der Waals surface area contributed by atoms with E-state index in [0.29, 0.717) is 5.56 Å². The van der Waals surface area contributed by atoms with Gasteiger partial charge in [0, 0.05) is 17.0 Å². The number of carbonyl (C=O) groups excluding carboxylic acids is 1. The van der Waals surface area contributed by atoms with E-state index in [0.717, 1.165) is 35.1 Å². The molecular weight excluding hydrogens is 300 g/mol. The molecule has 0 atom stereocenters. The summed E-state index contributed by atoms with van der Waals surface area (Å²) in [6, 6.07) is 13.2. The van der Waals surface area contributed by atoms with E-state index in [1.165, 1.54) is 0 Å². The number of aryl methyl sites for hydroxylation is 1. The zero-order valence-electron chi connectivity index (χ0n) is 14.2. The normalized spacial score (nSPS) is 10.5. The van der Waals surface area contributed by atoms with Crippen LogP contribution in [0.1, 0.15) is 42.3 Å². The molecule has 0 heterocycles. The van der Waals surface area contributed by atoms with Gasteiger partial charge in [0.05, 0.1) is 0 Å². The lowest BCUT2D eigenvalue weighted by atomic mass is 9.88. The highest BCUT2D eigenvalue weighted by atomic mass is 16.5. The summed E-state index contributed by atoms with van der Waals surface area (Å²) >= 11 is 0. The van der Waals surface area contributed by atoms with Gasteiger partial charge in [-0.15, -0.1) is 0 Å². The van der Waals surface area contributed by atoms with E-state index in [1.54, 1.807) is 12.1 Å². The van der Waals surface area contributed by atoms with Crippen molar-refractivity contribution in [3.63, 3.8) is 0 Å². The van der Waals surface area contributed by atoms with Gasteiger partial charge in [-0.25, -0.2) is 0 Å². The molecule has 0 spiro atoms. The minimum absolute atomic E-state index is 0.0649. The number of benzene rings is 2. The highest BCUT2D eigenvalue weighted by Crippen LogP contribution is 2.29. The molecule has 0 amide bonds. The topological polar surface area (TPSA) is 74.0 Å². The van der Waals surface area contributed by atoms with E-state index in [-0.39, 0.29) is 17.6 Å². The zero-order valence-corrected chi connectivity index (χ0v) is 14.2. The van der Waals surface area contributed by atoms with Crippen molar-refractivity contribution in [3.8, 4) is 11.1 Å². The van der Waals surface area contributed by atoms with E-state index < -0.39 is 0 Å². The van der Waals surface area contributed by atoms with Crippen LogP contribution in [-0.2, 0) is 11.2 Å². The first-order chi connectivity index (χ1) is 11.5. The van der Waals surface area contributed by atoms with Crippen LogP contribution in [0.2, 0.25) is 0 Å². The van der Waals surface area contributed by atoms with E-state index >= 15 is 0 Å². The minimum atomic E-state index is -0.0719. The van der Waals surface area contributed by atoms with Gasteiger partial charge in [0.2, 0.25) is 5.90 Å². The number of rotatable bonds is 6. The fourth-order valence-corrected chi connectivity index (χ4v) is 2.64. The highest BCUT2D eigenvalue weighted by molar-refractivity contribution is 6.05. The number of hydrogen-bond donors (Lipinski definition) is 2. The Balaban J connectivity index is 2.50. The van der Waals surface area contributed by atoms with Gasteiger partial charge < -0.3 is 4.74 Å². The Hall–Kier alpha value is -2.75. The highest BCUT2D eigenvalue weighted by Gasteiger charge is 2.19. The van der Waals surface area contributed by atoms with Crippen LogP contribution in [0.3, 0.4) is 0 Å². The fraction of sp³-hybridized carbons (Fsp3) is 0.250. The van der Waals surface area contributed by atoms with E-state index in [9.17, 15) is 4.79 Å². The van der Waals surface area contributed by atoms with Gasteiger partial charge in [-0.3, -0.25) is 15.6 Å². The summed E-state index contributed by atoms with van der Waals surface area (Å²) in [5.41, 5.74) is 4.27. The first-order valence-corrected chi connectivity index (χ1v) is 8.00. The van der Waals surface area contributed by atoms with Crippen molar-refractivity contribution in [2.24, 2.45) is 5.92 Å². The maximum Gasteiger partial charge on any atom is 0.220 e. The lowest BCUT2D eigenvalue weighted by Gasteiger charge is -2.15. The molecule has 0 saturated heterocycles. The average Bonchev–Trinajstić information content (AvgIpc) is 2.60. The summed E-state index contributed by atoms with van der Waals surface area (Å²) in [4.78, 5) is 12.7. The maximum atomic E-state index is 12.7. The number of hydrogen-bond acceptors (Lipinski definition) is 4. The van der Waals surface area contributed by atoms with Gasteiger partial charge in [-0.05, 0) is 35.2 Å². The Morgan fingerprint density at radius 2 is 1.83 bits per heavy atom. The third-order valence-corrected chi connectivity index (χ3v) is 3.94. The van der Waals surface area contributed by atoms with Crippen LogP contribution in [0.25, 0.3) is 11.1 Å². The smallest absolute Gasteiger partial charge is 0.220 e. The molecule has 4 heteroatoms. The van der Waals surface area contributed by atoms with E-state index in [1.807, 2.05) is 44.2 Å². The number of carbonyl (C=O) groups is 1. The van der Waals surface area contributed by atoms with Gasteiger partial charge in [-0.2, -0.15) is 0 Å². The van der Waals surface area contributed by atoms with Crippen molar-refractivity contribution in [2.45, 2.75) is 27.2 Å². The Bertz CT molecular complexity index is 762. The molecule has 0 saturated carbocycles. The van der Waals surface area contributed by atoms with Crippen molar-refractivity contribution >= 4 is 18.1 Å². The van der Waals surface area contributed by atoms with Gasteiger partial charge >= 0.3 is 0 Å². The first kappa shape index (κ1) is 17.6. The van der Waals surface area contributed by atoms with Crippen molar-refractivity contribution in [1.82, 2.24) is 0 Å². The van der Waals surface area contributed by atoms with Gasteiger partial charge in [0.15, 0.2) is 12.2 Å². The molecule has 124 valence electrons. The largest absolute Gasteiger partial charge is 0.428 e. The van der Waals surface area contributed by atoms with Crippen molar-refractivity contribution < 1.29 is 9.53 Å². The first-order valence-electron chi connectivity index (χ1n) is 8.00. The molecule has 0 fully saturated rings. The monoisotopic (exact) mass is 322 g/mol. The third kappa shape index (κ3) is 3.59. The zero-order chi connectivity index (χ0) is 17.7. The second-order valence-corrected chi connectivity index (χ2v) is 5.85. The summed E-state index contributed by atoms with van der Waals surface area (Å²) in [5.74, 6) is 0.00800. The predicted octanol–water partition coefficient (Wildman–Crippen LogP) is 4.70. The molecule has 0 aliphatic heterocycles. The summed E-state index contributed by atoms with van der Waals surface area (Å²) in [7, 11) is 0. The van der Waals surface area contributed by atoms with Crippen LogP contribution in [0.15, 0.2) is 42.5 Å². The number of ketones is 1. The van der Waals surface area contributed by atoms with Gasteiger partial charge in [0.1, 0.15) is 0 Å². The Kier molecular flexibility index (Phi) is 5.64. The Morgan fingerprint density at radius 1 is 1.17 bits per heavy atom. The van der Waals surface area contributed by atoms with Crippen molar-refractivity contribution in [1.29, 1.82) is 10.8 Å². The van der Waals surface area contributed by atoms with Crippen molar-refractivity contribution in [3.05, 3.63) is 59.2 Å². The third-order valence-electron chi connectivity index (χ3n) is 3.94. The molecule has 0 aliphatic carbocycles. The molecule has 0 aromatic heterocycles. The minimum Gasteiger partial charge on any atom is -0.428 e. The Morgan fingerprint density at radius 3 is 2.38 bits per heavy atom.